The zero-order valence-corrected chi connectivity index (χ0v) is 12.1. The third kappa shape index (κ3) is 2.72. The monoisotopic (exact) mass is 283 g/mol. The van der Waals surface area contributed by atoms with Crippen LogP contribution in [0, 0.1) is 6.92 Å². The summed E-state index contributed by atoms with van der Waals surface area (Å²) >= 11 is 0. The lowest BCUT2D eigenvalue weighted by molar-refractivity contribution is 0.0586. The van der Waals surface area contributed by atoms with Crippen LogP contribution >= 0.6 is 0 Å². The molecular weight excluding hydrogens is 266 g/mol. The molecule has 5 nitrogen and oxygen atoms in total. The molecule has 0 saturated heterocycles. The number of hydrogen-bond acceptors (Lipinski definition) is 5. The smallest absolute Gasteiger partial charge is 0.376 e. The van der Waals surface area contributed by atoms with Crippen molar-refractivity contribution in [1.29, 1.82) is 0 Å². The Morgan fingerprint density at radius 2 is 2.19 bits per heavy atom. The number of nitrogens with one attached hydrogen (secondary N) is 1. The van der Waals surface area contributed by atoms with E-state index in [2.05, 4.69) is 44.3 Å². The average Bonchev–Trinajstić information content (AvgIpc) is 2.47. The van der Waals surface area contributed by atoms with E-state index in [4.69, 9.17) is 0 Å². The molecular formula is C16H17N3O2. The van der Waals surface area contributed by atoms with E-state index in [1.165, 1.54) is 18.2 Å². The van der Waals surface area contributed by atoms with Crippen molar-refractivity contribution in [3.63, 3.8) is 0 Å². The first-order chi connectivity index (χ1) is 10.2. The van der Waals surface area contributed by atoms with E-state index in [1.54, 1.807) is 0 Å². The Hall–Kier alpha value is -2.43. The van der Waals surface area contributed by atoms with Crippen LogP contribution in [-0.4, -0.2) is 29.6 Å². The molecule has 1 unspecified atom stereocenters. The van der Waals surface area contributed by atoms with Crippen molar-refractivity contribution in [2.24, 2.45) is 0 Å². The van der Waals surface area contributed by atoms with Crippen LogP contribution in [0.1, 0.15) is 33.4 Å². The fraction of sp³-hybridized carbons (Fsp3) is 0.312. The second-order valence-electron chi connectivity index (χ2n) is 5.19. The summed E-state index contributed by atoms with van der Waals surface area (Å²) in [6.45, 7) is 2.63. The summed E-state index contributed by atoms with van der Waals surface area (Å²) in [6.07, 6.45) is 1.08. The fourth-order valence-electron chi connectivity index (χ4n) is 2.61. The van der Waals surface area contributed by atoms with Gasteiger partial charge in [0, 0.05) is 24.2 Å². The number of hydrogen-bond donors (Lipinski definition) is 1. The van der Waals surface area contributed by atoms with Gasteiger partial charge in [-0.3, -0.25) is 0 Å². The number of rotatable bonds is 4. The molecule has 0 fully saturated rings. The standard InChI is InChI=1S/C16H17N3O2/c1-10-7-14(19-15(18-10)16(20)21-2)17-9-12-8-11-5-3-4-6-13(11)12/h3-7,12H,8-9H2,1-2H3,(H,17,18,19). The lowest BCUT2D eigenvalue weighted by atomic mass is 9.77. The number of esters is 1. The van der Waals surface area contributed by atoms with Gasteiger partial charge in [-0.15, -0.1) is 0 Å². The molecule has 2 aromatic rings. The molecule has 1 aromatic heterocycles. The van der Waals surface area contributed by atoms with Gasteiger partial charge in [0.25, 0.3) is 0 Å². The molecule has 0 spiro atoms. The molecule has 1 aromatic carbocycles. The molecule has 1 aliphatic carbocycles. The average molecular weight is 283 g/mol. The van der Waals surface area contributed by atoms with E-state index in [0.717, 1.165) is 18.7 Å². The maximum Gasteiger partial charge on any atom is 0.376 e. The molecule has 3 rings (SSSR count). The number of aromatic nitrogens is 2. The minimum Gasteiger partial charge on any atom is -0.463 e. The Morgan fingerprint density at radius 3 is 2.95 bits per heavy atom. The maximum atomic E-state index is 11.5. The van der Waals surface area contributed by atoms with Crippen molar-refractivity contribution < 1.29 is 9.53 Å². The summed E-state index contributed by atoms with van der Waals surface area (Å²) in [5.41, 5.74) is 3.55. The lowest BCUT2D eigenvalue weighted by Gasteiger charge is -2.30. The van der Waals surface area contributed by atoms with Gasteiger partial charge in [-0.1, -0.05) is 24.3 Å². The Morgan fingerprint density at radius 1 is 1.38 bits per heavy atom. The molecule has 1 atom stereocenters. The fourth-order valence-corrected chi connectivity index (χ4v) is 2.61. The van der Waals surface area contributed by atoms with Gasteiger partial charge in [-0.25, -0.2) is 14.8 Å². The summed E-state index contributed by atoms with van der Waals surface area (Å²) in [4.78, 5) is 19.8. The molecule has 0 bridgehead atoms. The van der Waals surface area contributed by atoms with Crippen molar-refractivity contribution in [1.82, 2.24) is 9.97 Å². The summed E-state index contributed by atoms with van der Waals surface area (Å²) in [5, 5.41) is 3.29. The Kier molecular flexibility index (Phi) is 3.56. The second-order valence-corrected chi connectivity index (χ2v) is 5.19. The summed E-state index contributed by atoms with van der Waals surface area (Å²) in [5.74, 6) is 0.732. The molecule has 21 heavy (non-hydrogen) atoms. The first-order valence-electron chi connectivity index (χ1n) is 6.93. The predicted molar refractivity (Wildman–Crippen MR) is 79.5 cm³/mol. The van der Waals surface area contributed by atoms with Crippen molar-refractivity contribution in [2.75, 3.05) is 19.0 Å². The van der Waals surface area contributed by atoms with E-state index in [0.29, 0.717) is 11.7 Å². The largest absolute Gasteiger partial charge is 0.463 e. The van der Waals surface area contributed by atoms with Crippen molar-refractivity contribution >= 4 is 11.8 Å². The number of nitrogens with zero attached hydrogens (tertiary/aromatic N) is 2. The molecule has 1 N–H and O–H groups in total. The summed E-state index contributed by atoms with van der Waals surface area (Å²) in [6, 6.07) is 10.3. The lowest BCUT2D eigenvalue weighted by Crippen LogP contribution is -2.24. The Balaban J connectivity index is 1.69. The highest BCUT2D eigenvalue weighted by molar-refractivity contribution is 5.85. The maximum absolute atomic E-state index is 11.5. The van der Waals surface area contributed by atoms with Gasteiger partial charge in [0.15, 0.2) is 0 Å². The highest BCUT2D eigenvalue weighted by Crippen LogP contribution is 2.34. The molecule has 0 radical (unpaired) electrons. The summed E-state index contributed by atoms with van der Waals surface area (Å²) in [7, 11) is 1.33. The Labute approximate surface area is 123 Å². The molecule has 1 heterocycles. The van der Waals surface area contributed by atoms with E-state index >= 15 is 0 Å². The van der Waals surface area contributed by atoms with E-state index in [9.17, 15) is 4.79 Å². The Bertz CT molecular complexity index is 685. The summed E-state index contributed by atoms with van der Waals surface area (Å²) < 4.78 is 4.66. The third-order valence-corrected chi connectivity index (χ3v) is 3.71. The van der Waals surface area contributed by atoms with Gasteiger partial charge in [0.1, 0.15) is 5.82 Å². The highest BCUT2D eigenvalue weighted by atomic mass is 16.5. The van der Waals surface area contributed by atoms with Crippen molar-refractivity contribution in [3.8, 4) is 0 Å². The molecule has 108 valence electrons. The van der Waals surface area contributed by atoms with Crippen LogP contribution in [0.3, 0.4) is 0 Å². The number of anilines is 1. The quantitative estimate of drug-likeness (QED) is 0.872. The molecule has 0 saturated carbocycles. The van der Waals surface area contributed by atoms with Gasteiger partial charge < -0.3 is 10.1 Å². The minimum absolute atomic E-state index is 0.0917. The number of fused-ring (bicyclic) bond motifs is 1. The molecule has 5 heteroatoms. The number of benzene rings is 1. The van der Waals surface area contributed by atoms with Crippen LogP contribution < -0.4 is 5.32 Å². The zero-order chi connectivity index (χ0) is 14.8. The zero-order valence-electron chi connectivity index (χ0n) is 12.1. The molecule has 1 aliphatic rings. The van der Waals surface area contributed by atoms with Crippen LogP contribution in [-0.2, 0) is 11.2 Å². The van der Waals surface area contributed by atoms with E-state index < -0.39 is 5.97 Å². The van der Waals surface area contributed by atoms with Crippen molar-refractivity contribution in [2.45, 2.75) is 19.3 Å². The van der Waals surface area contributed by atoms with Gasteiger partial charge in [0.2, 0.25) is 5.82 Å². The van der Waals surface area contributed by atoms with Crippen LogP contribution in [0.2, 0.25) is 0 Å². The van der Waals surface area contributed by atoms with E-state index in [1.807, 2.05) is 13.0 Å². The SMILES string of the molecule is COC(=O)c1nc(C)cc(NCC2Cc3ccccc32)n1. The number of carbonyl (C=O) groups is 1. The minimum atomic E-state index is -0.518. The second kappa shape index (κ2) is 5.52. The first kappa shape index (κ1) is 13.5. The molecule has 0 aliphatic heterocycles. The van der Waals surface area contributed by atoms with Crippen molar-refractivity contribution in [3.05, 3.63) is 53.0 Å². The van der Waals surface area contributed by atoms with Gasteiger partial charge in [0.05, 0.1) is 7.11 Å². The normalized spacial score (nSPS) is 15.8. The van der Waals surface area contributed by atoms with Crippen LogP contribution in [0.4, 0.5) is 5.82 Å². The highest BCUT2D eigenvalue weighted by Gasteiger charge is 2.25. The van der Waals surface area contributed by atoms with Crippen LogP contribution in [0.25, 0.3) is 0 Å². The number of aryl methyl sites for hydroxylation is 1. The number of methoxy groups -OCH3 is 1. The molecule has 0 amide bonds. The number of carbonyl (C=O) groups excluding carboxylic acids is 1. The van der Waals surface area contributed by atoms with Gasteiger partial charge in [-0.2, -0.15) is 0 Å². The van der Waals surface area contributed by atoms with E-state index in [-0.39, 0.29) is 5.82 Å². The first-order valence-corrected chi connectivity index (χ1v) is 6.93. The van der Waals surface area contributed by atoms with Gasteiger partial charge in [-0.05, 0) is 24.5 Å². The van der Waals surface area contributed by atoms with Crippen LogP contribution in [0.5, 0.6) is 0 Å². The topological polar surface area (TPSA) is 64.1 Å². The van der Waals surface area contributed by atoms with Crippen LogP contribution in [0.15, 0.2) is 30.3 Å². The van der Waals surface area contributed by atoms with Gasteiger partial charge >= 0.3 is 5.97 Å². The third-order valence-electron chi connectivity index (χ3n) is 3.71. The predicted octanol–water partition coefficient (Wildman–Crippen LogP) is 2.32. The number of ether oxygens (including phenoxy) is 1.